The Bertz CT molecular complexity index is 317. The van der Waals surface area contributed by atoms with Gasteiger partial charge in [0.2, 0.25) is 0 Å². The van der Waals surface area contributed by atoms with Crippen molar-refractivity contribution in [1.29, 1.82) is 0 Å². The van der Waals surface area contributed by atoms with Crippen LogP contribution in [0.3, 0.4) is 0 Å². The van der Waals surface area contributed by atoms with E-state index in [4.69, 9.17) is 0 Å². The fraction of sp³-hybridized carbons (Fsp3) is 0.684. The van der Waals surface area contributed by atoms with Gasteiger partial charge >= 0.3 is 0 Å². The van der Waals surface area contributed by atoms with Gasteiger partial charge in [0.05, 0.1) is 12.3 Å². The van der Waals surface area contributed by atoms with Gasteiger partial charge in [-0.25, -0.2) is 0 Å². The normalized spacial score (nSPS) is 13.2. The second kappa shape index (κ2) is 13.6. The van der Waals surface area contributed by atoms with Crippen LogP contribution >= 0.6 is 8.58 Å². The molecule has 0 bridgehead atoms. The van der Waals surface area contributed by atoms with Crippen LogP contribution in [-0.4, -0.2) is 12.3 Å². The zero-order chi connectivity index (χ0) is 15.2. The molecule has 0 N–H and O–H groups in total. The minimum Gasteiger partial charge on any atom is -0.0856 e. The van der Waals surface area contributed by atoms with Crippen LogP contribution in [0.1, 0.15) is 73.1 Å². The van der Waals surface area contributed by atoms with Crippen LogP contribution in [0.15, 0.2) is 34.9 Å². The van der Waals surface area contributed by atoms with Gasteiger partial charge in [0.15, 0.2) is 0 Å². The van der Waals surface area contributed by atoms with Gasteiger partial charge in [-0.2, -0.15) is 0 Å². The molecule has 0 fully saturated rings. The summed E-state index contributed by atoms with van der Waals surface area (Å²) in [6, 6.07) is 0. The maximum atomic E-state index is 2.48. The van der Waals surface area contributed by atoms with Gasteiger partial charge in [0, 0.05) is 0 Å². The standard InChI is InChI=1S/C19H35P/c1-6-7-15-20-16-14-19(5)13-9-12-18(4)11-8-10-17(2)3/h10,12,14,20H,6-9,11,13,15-16H2,1-5H3/p+1/b18-12+,19-14+. The average Bonchev–Trinajstić information content (AvgIpc) is 2.38. The molecule has 0 rings (SSSR count). The molecule has 1 atom stereocenters. The predicted molar refractivity (Wildman–Crippen MR) is 99.8 cm³/mol. The van der Waals surface area contributed by atoms with Crippen LogP contribution in [-0.2, 0) is 0 Å². The van der Waals surface area contributed by atoms with E-state index in [2.05, 4.69) is 52.8 Å². The Morgan fingerprint density at radius 3 is 2.05 bits per heavy atom. The maximum absolute atomic E-state index is 2.48. The van der Waals surface area contributed by atoms with Crippen molar-refractivity contribution in [3.8, 4) is 0 Å². The van der Waals surface area contributed by atoms with E-state index in [0.29, 0.717) is 8.58 Å². The first kappa shape index (κ1) is 19.7. The summed E-state index contributed by atoms with van der Waals surface area (Å²) in [6.45, 7) is 11.2. The van der Waals surface area contributed by atoms with Crippen LogP contribution in [0, 0.1) is 0 Å². The molecule has 0 saturated heterocycles. The molecule has 0 saturated carbocycles. The van der Waals surface area contributed by atoms with Gasteiger partial charge in [0.25, 0.3) is 0 Å². The van der Waals surface area contributed by atoms with E-state index in [1.165, 1.54) is 56.4 Å². The van der Waals surface area contributed by atoms with Gasteiger partial charge in [-0.1, -0.05) is 42.2 Å². The lowest BCUT2D eigenvalue weighted by atomic mass is 10.1. The van der Waals surface area contributed by atoms with Gasteiger partial charge in [0.1, 0.15) is 0 Å². The SMILES string of the molecule is CCCC[PH2+]C/C=C(\C)CC/C=C(\C)CCC=C(C)C. The van der Waals surface area contributed by atoms with Crippen molar-refractivity contribution in [2.75, 3.05) is 12.3 Å². The second-order valence-electron chi connectivity index (χ2n) is 6.13. The summed E-state index contributed by atoms with van der Waals surface area (Å²) >= 11 is 0. The van der Waals surface area contributed by atoms with Crippen molar-refractivity contribution in [3.63, 3.8) is 0 Å². The minimum absolute atomic E-state index is 0.666. The highest BCUT2D eigenvalue weighted by Gasteiger charge is 1.94. The minimum atomic E-state index is 0.666. The third-order valence-corrected chi connectivity index (χ3v) is 4.90. The van der Waals surface area contributed by atoms with E-state index in [9.17, 15) is 0 Å². The number of unbranched alkanes of at least 4 members (excludes halogenated alkanes) is 1. The fourth-order valence-electron chi connectivity index (χ4n) is 2.09. The topological polar surface area (TPSA) is 0 Å². The van der Waals surface area contributed by atoms with E-state index in [1.54, 1.807) is 11.1 Å². The zero-order valence-corrected chi connectivity index (χ0v) is 15.6. The Hall–Kier alpha value is -0.350. The Morgan fingerprint density at radius 1 is 0.850 bits per heavy atom. The van der Waals surface area contributed by atoms with E-state index < -0.39 is 0 Å². The Morgan fingerprint density at radius 2 is 1.45 bits per heavy atom. The van der Waals surface area contributed by atoms with Crippen molar-refractivity contribution >= 4 is 8.58 Å². The number of hydrogen-bond acceptors (Lipinski definition) is 0. The second-order valence-corrected chi connectivity index (χ2v) is 7.75. The summed E-state index contributed by atoms with van der Waals surface area (Å²) in [4.78, 5) is 0. The smallest absolute Gasteiger partial charge is 0.0730 e. The molecule has 0 spiro atoms. The van der Waals surface area contributed by atoms with Crippen molar-refractivity contribution < 1.29 is 0 Å². The van der Waals surface area contributed by atoms with Crippen LogP contribution in [0.5, 0.6) is 0 Å². The average molecular weight is 295 g/mol. The lowest BCUT2D eigenvalue weighted by molar-refractivity contribution is 0.894. The summed E-state index contributed by atoms with van der Waals surface area (Å²) in [5.41, 5.74) is 4.56. The van der Waals surface area contributed by atoms with Crippen molar-refractivity contribution in [2.45, 2.75) is 73.1 Å². The van der Waals surface area contributed by atoms with Crippen LogP contribution in [0.2, 0.25) is 0 Å². The molecule has 0 aromatic rings. The van der Waals surface area contributed by atoms with Crippen LogP contribution in [0.25, 0.3) is 0 Å². The van der Waals surface area contributed by atoms with Gasteiger partial charge in [-0.3, -0.25) is 0 Å². The first-order valence-corrected chi connectivity index (χ1v) is 9.95. The zero-order valence-electron chi connectivity index (χ0n) is 14.5. The highest BCUT2D eigenvalue weighted by atomic mass is 31.1. The van der Waals surface area contributed by atoms with E-state index in [-0.39, 0.29) is 0 Å². The van der Waals surface area contributed by atoms with Crippen molar-refractivity contribution in [2.24, 2.45) is 0 Å². The van der Waals surface area contributed by atoms with Crippen LogP contribution < -0.4 is 0 Å². The molecule has 0 radical (unpaired) electrons. The fourth-order valence-corrected chi connectivity index (χ4v) is 3.59. The largest absolute Gasteiger partial charge is 0.0856 e. The Labute approximate surface area is 129 Å². The number of rotatable bonds is 11. The Kier molecular flexibility index (Phi) is 13.4. The molecule has 0 aliphatic carbocycles. The molecule has 0 nitrogen and oxygen atoms in total. The highest BCUT2D eigenvalue weighted by Crippen LogP contribution is 2.16. The number of allylic oxidation sites excluding steroid dienone is 6. The third kappa shape index (κ3) is 14.1. The molecule has 0 aromatic carbocycles. The molecule has 0 heterocycles. The summed E-state index contributed by atoms with van der Waals surface area (Å²) in [5.74, 6) is 0. The first-order chi connectivity index (χ1) is 9.56. The van der Waals surface area contributed by atoms with Crippen LogP contribution in [0.4, 0.5) is 0 Å². The summed E-state index contributed by atoms with van der Waals surface area (Å²) in [7, 11) is 0.666. The first-order valence-electron chi connectivity index (χ1n) is 8.32. The molecule has 0 amide bonds. The quantitative estimate of drug-likeness (QED) is 0.228. The maximum Gasteiger partial charge on any atom is 0.0730 e. The molecular weight excluding hydrogens is 259 g/mol. The van der Waals surface area contributed by atoms with Gasteiger partial charge in [-0.15, -0.1) is 0 Å². The van der Waals surface area contributed by atoms with E-state index in [1.807, 2.05) is 0 Å². The molecule has 1 heteroatoms. The lowest BCUT2D eigenvalue weighted by Gasteiger charge is -2.01. The molecule has 0 aliphatic rings. The molecule has 0 aliphatic heterocycles. The van der Waals surface area contributed by atoms with Gasteiger partial charge in [-0.05, 0) is 74.5 Å². The van der Waals surface area contributed by atoms with E-state index >= 15 is 0 Å². The monoisotopic (exact) mass is 295 g/mol. The molecule has 0 aromatic heterocycles. The molecule has 20 heavy (non-hydrogen) atoms. The summed E-state index contributed by atoms with van der Waals surface area (Å²) in [5, 5.41) is 0. The van der Waals surface area contributed by atoms with Crippen molar-refractivity contribution in [3.05, 3.63) is 34.9 Å². The number of hydrogen-bond donors (Lipinski definition) is 0. The molecule has 1 unspecified atom stereocenters. The summed E-state index contributed by atoms with van der Waals surface area (Å²) in [6.07, 6.45) is 17.7. The molecule has 116 valence electrons. The molecular formula is C19H36P+. The van der Waals surface area contributed by atoms with Crippen molar-refractivity contribution in [1.82, 2.24) is 0 Å². The Balaban J connectivity index is 3.74. The summed E-state index contributed by atoms with van der Waals surface area (Å²) < 4.78 is 0. The predicted octanol–water partition coefficient (Wildman–Crippen LogP) is 6.62. The lowest BCUT2D eigenvalue weighted by Crippen LogP contribution is -1.82. The van der Waals surface area contributed by atoms with E-state index in [0.717, 1.165) is 0 Å². The third-order valence-electron chi connectivity index (χ3n) is 3.52. The van der Waals surface area contributed by atoms with Gasteiger partial charge < -0.3 is 0 Å². The highest BCUT2D eigenvalue weighted by molar-refractivity contribution is 7.38.